The SMILES string of the molecule is NS(=O)(=O)c1cc(O)c2c(S(N)(=O)=O)cccc2c1. The first-order valence-corrected chi connectivity index (χ1v) is 8.01. The molecule has 2 aromatic rings. The van der Waals surface area contributed by atoms with Crippen LogP contribution in [0.25, 0.3) is 10.8 Å². The lowest BCUT2D eigenvalue weighted by Gasteiger charge is -2.08. The Morgan fingerprint density at radius 1 is 0.947 bits per heavy atom. The van der Waals surface area contributed by atoms with Crippen molar-refractivity contribution in [2.45, 2.75) is 9.79 Å². The van der Waals surface area contributed by atoms with Crippen LogP contribution in [0.5, 0.6) is 5.75 Å². The minimum atomic E-state index is -4.04. The zero-order valence-electron chi connectivity index (χ0n) is 9.44. The largest absolute Gasteiger partial charge is 0.507 e. The fraction of sp³-hybridized carbons (Fsp3) is 0. The Morgan fingerprint density at radius 2 is 1.58 bits per heavy atom. The number of hydrogen-bond donors (Lipinski definition) is 3. The van der Waals surface area contributed by atoms with Crippen molar-refractivity contribution < 1.29 is 21.9 Å². The summed E-state index contributed by atoms with van der Waals surface area (Å²) in [4.78, 5) is -0.604. The molecule has 19 heavy (non-hydrogen) atoms. The monoisotopic (exact) mass is 302 g/mol. The Hall–Kier alpha value is -1.68. The van der Waals surface area contributed by atoms with Crippen molar-refractivity contribution in [1.82, 2.24) is 0 Å². The van der Waals surface area contributed by atoms with E-state index < -0.39 is 25.8 Å². The maximum atomic E-state index is 11.4. The van der Waals surface area contributed by atoms with Crippen molar-refractivity contribution in [2.24, 2.45) is 10.3 Å². The summed E-state index contributed by atoms with van der Waals surface area (Å²) in [7, 11) is -8.05. The molecule has 102 valence electrons. The summed E-state index contributed by atoms with van der Waals surface area (Å²) in [6.07, 6.45) is 0. The van der Waals surface area contributed by atoms with Crippen LogP contribution in [-0.2, 0) is 20.0 Å². The van der Waals surface area contributed by atoms with E-state index in [-0.39, 0.29) is 20.6 Å². The molecule has 2 aromatic carbocycles. The average Bonchev–Trinajstić information content (AvgIpc) is 2.25. The van der Waals surface area contributed by atoms with Crippen LogP contribution >= 0.6 is 0 Å². The summed E-state index contributed by atoms with van der Waals surface area (Å²) in [6.45, 7) is 0. The van der Waals surface area contributed by atoms with Crippen LogP contribution in [0.4, 0.5) is 0 Å². The molecule has 0 aliphatic carbocycles. The van der Waals surface area contributed by atoms with Gasteiger partial charge in [-0.3, -0.25) is 0 Å². The van der Waals surface area contributed by atoms with Gasteiger partial charge in [0, 0.05) is 11.5 Å². The number of fused-ring (bicyclic) bond motifs is 1. The van der Waals surface area contributed by atoms with E-state index in [4.69, 9.17) is 10.3 Å². The van der Waals surface area contributed by atoms with Gasteiger partial charge in [-0.15, -0.1) is 0 Å². The van der Waals surface area contributed by atoms with Gasteiger partial charge in [0.15, 0.2) is 0 Å². The van der Waals surface area contributed by atoms with Crippen LogP contribution in [0.1, 0.15) is 0 Å². The number of benzene rings is 2. The van der Waals surface area contributed by atoms with Crippen molar-refractivity contribution >= 4 is 30.8 Å². The smallest absolute Gasteiger partial charge is 0.238 e. The van der Waals surface area contributed by atoms with E-state index in [2.05, 4.69) is 0 Å². The Balaban J connectivity index is 2.96. The number of aromatic hydroxyl groups is 1. The van der Waals surface area contributed by atoms with Crippen molar-refractivity contribution in [1.29, 1.82) is 0 Å². The predicted molar refractivity (Wildman–Crippen MR) is 68.4 cm³/mol. The summed E-state index contributed by atoms with van der Waals surface area (Å²) in [6, 6.07) is 6.09. The molecule has 0 aliphatic rings. The van der Waals surface area contributed by atoms with E-state index in [9.17, 15) is 21.9 Å². The number of hydrogen-bond acceptors (Lipinski definition) is 5. The third kappa shape index (κ3) is 2.54. The lowest BCUT2D eigenvalue weighted by molar-refractivity contribution is 0.478. The summed E-state index contributed by atoms with van der Waals surface area (Å²) >= 11 is 0. The van der Waals surface area contributed by atoms with Crippen LogP contribution in [0.2, 0.25) is 0 Å². The summed E-state index contributed by atoms with van der Waals surface area (Å²) in [5.41, 5.74) is 0. The molecule has 0 heterocycles. The first-order chi connectivity index (χ1) is 8.60. The first-order valence-electron chi connectivity index (χ1n) is 4.92. The number of nitrogens with two attached hydrogens (primary N) is 2. The average molecular weight is 302 g/mol. The lowest BCUT2D eigenvalue weighted by Crippen LogP contribution is -2.14. The predicted octanol–water partition coefficient (Wildman–Crippen LogP) is -0.160. The molecule has 5 N–H and O–H groups in total. The zero-order valence-corrected chi connectivity index (χ0v) is 11.1. The van der Waals surface area contributed by atoms with E-state index in [1.165, 1.54) is 24.3 Å². The fourth-order valence-electron chi connectivity index (χ4n) is 1.75. The molecule has 2 rings (SSSR count). The standard InChI is InChI=1S/C10H10N2O5S2/c11-18(14,15)7-4-6-2-1-3-9(19(12,16)17)10(6)8(13)5-7/h1-5,13H,(H2,11,14,15)(H2,12,16,17). The Kier molecular flexibility index (Phi) is 3.01. The maximum Gasteiger partial charge on any atom is 0.238 e. The second kappa shape index (κ2) is 4.17. The van der Waals surface area contributed by atoms with Gasteiger partial charge in [-0.05, 0) is 17.5 Å². The topological polar surface area (TPSA) is 141 Å². The van der Waals surface area contributed by atoms with Crippen molar-refractivity contribution in [3.8, 4) is 5.75 Å². The molecule has 7 nitrogen and oxygen atoms in total. The first kappa shape index (κ1) is 13.7. The van der Waals surface area contributed by atoms with Gasteiger partial charge in [-0.2, -0.15) is 0 Å². The van der Waals surface area contributed by atoms with Gasteiger partial charge in [0.25, 0.3) is 0 Å². The molecule has 0 aliphatic heterocycles. The number of phenolic OH excluding ortho intramolecular Hbond substituents is 1. The molecule has 0 spiro atoms. The van der Waals surface area contributed by atoms with Gasteiger partial charge in [0.05, 0.1) is 9.79 Å². The van der Waals surface area contributed by atoms with Gasteiger partial charge >= 0.3 is 0 Å². The highest BCUT2D eigenvalue weighted by molar-refractivity contribution is 7.89. The number of primary sulfonamides is 2. The molecule has 0 atom stereocenters. The molecule has 0 saturated carbocycles. The normalized spacial score (nSPS) is 12.7. The Bertz CT molecular complexity index is 872. The highest BCUT2D eigenvalue weighted by atomic mass is 32.2. The second-order valence-corrected chi connectivity index (χ2v) is 6.98. The van der Waals surface area contributed by atoms with Crippen LogP contribution in [0.15, 0.2) is 40.1 Å². The summed E-state index contributed by atoms with van der Waals surface area (Å²) in [5.74, 6) is -0.522. The van der Waals surface area contributed by atoms with E-state index in [1.54, 1.807) is 0 Å². The van der Waals surface area contributed by atoms with Crippen LogP contribution in [0.3, 0.4) is 0 Å². The van der Waals surface area contributed by atoms with E-state index in [0.29, 0.717) is 0 Å². The maximum absolute atomic E-state index is 11.4. The molecule has 0 amide bonds. The summed E-state index contributed by atoms with van der Waals surface area (Å²) < 4.78 is 45.3. The quantitative estimate of drug-likeness (QED) is 0.707. The van der Waals surface area contributed by atoms with E-state index >= 15 is 0 Å². The molecule has 0 saturated heterocycles. The van der Waals surface area contributed by atoms with Gasteiger partial charge in [-0.25, -0.2) is 27.1 Å². The fourth-order valence-corrected chi connectivity index (χ4v) is 3.09. The minimum Gasteiger partial charge on any atom is -0.507 e. The van der Waals surface area contributed by atoms with Crippen molar-refractivity contribution in [3.63, 3.8) is 0 Å². The van der Waals surface area contributed by atoms with Crippen LogP contribution in [-0.4, -0.2) is 21.9 Å². The minimum absolute atomic E-state index is 0.0441. The van der Waals surface area contributed by atoms with Crippen LogP contribution < -0.4 is 10.3 Å². The molecule has 9 heteroatoms. The third-order valence-electron chi connectivity index (χ3n) is 2.53. The second-order valence-electron chi connectivity index (χ2n) is 3.89. The van der Waals surface area contributed by atoms with Crippen molar-refractivity contribution in [2.75, 3.05) is 0 Å². The zero-order chi connectivity index (χ0) is 14.4. The molecule has 0 bridgehead atoms. The van der Waals surface area contributed by atoms with Gasteiger partial charge in [-0.1, -0.05) is 12.1 Å². The summed E-state index contributed by atoms with van der Waals surface area (Å²) in [5, 5.41) is 20.0. The van der Waals surface area contributed by atoms with E-state index in [1.807, 2.05) is 0 Å². The molecular formula is C10H10N2O5S2. The van der Waals surface area contributed by atoms with Crippen LogP contribution in [0, 0.1) is 0 Å². The molecule has 0 unspecified atom stereocenters. The highest BCUT2D eigenvalue weighted by Gasteiger charge is 2.18. The molecule has 0 radical (unpaired) electrons. The van der Waals surface area contributed by atoms with Gasteiger partial charge in [0.2, 0.25) is 20.0 Å². The lowest BCUT2D eigenvalue weighted by atomic mass is 10.1. The molecule has 0 fully saturated rings. The molecular weight excluding hydrogens is 292 g/mol. The van der Waals surface area contributed by atoms with Crippen molar-refractivity contribution in [3.05, 3.63) is 30.3 Å². The number of phenols is 1. The molecule has 0 aromatic heterocycles. The number of sulfonamides is 2. The van der Waals surface area contributed by atoms with E-state index in [0.717, 1.165) is 6.07 Å². The Morgan fingerprint density at radius 3 is 2.11 bits per heavy atom. The Labute approximate surface area is 109 Å². The number of rotatable bonds is 2. The highest BCUT2D eigenvalue weighted by Crippen LogP contribution is 2.32. The van der Waals surface area contributed by atoms with Gasteiger partial charge in [0.1, 0.15) is 5.75 Å². The van der Waals surface area contributed by atoms with Gasteiger partial charge < -0.3 is 5.11 Å². The third-order valence-corrected chi connectivity index (χ3v) is 4.37.